The molecule has 0 bridgehead atoms. The Morgan fingerprint density at radius 3 is 2.46 bits per heavy atom. The molecule has 0 aromatic heterocycles. The lowest BCUT2D eigenvalue weighted by Gasteiger charge is -2.13. The highest BCUT2D eigenvalue weighted by Crippen LogP contribution is 2.36. The largest absolute Gasteiger partial charge is 0.490 e. The number of carbonyl (C=O) groups excluding carboxylic acids is 2. The van der Waals surface area contributed by atoms with E-state index in [0.29, 0.717) is 35.8 Å². The molecule has 2 amide bonds. The molecule has 1 heterocycles. The van der Waals surface area contributed by atoms with Crippen LogP contribution in [0.15, 0.2) is 77.7 Å². The van der Waals surface area contributed by atoms with Gasteiger partial charge in [-0.05, 0) is 48.0 Å². The summed E-state index contributed by atoms with van der Waals surface area (Å²) >= 11 is 0.798. The minimum atomic E-state index is -0.527. The summed E-state index contributed by atoms with van der Waals surface area (Å²) in [5, 5.41) is 10.8. The maximum Gasteiger partial charge on any atom is 0.293 e. The van der Waals surface area contributed by atoms with E-state index in [0.717, 1.165) is 22.2 Å². The van der Waals surface area contributed by atoms with Crippen molar-refractivity contribution in [2.24, 2.45) is 0 Å². The Morgan fingerprint density at radius 2 is 1.71 bits per heavy atom. The average molecular weight is 491 g/mol. The van der Waals surface area contributed by atoms with Gasteiger partial charge in [-0.15, -0.1) is 0 Å². The topological polar surface area (TPSA) is 99.0 Å². The van der Waals surface area contributed by atoms with Crippen molar-refractivity contribution in [1.29, 1.82) is 0 Å². The van der Waals surface area contributed by atoms with Crippen molar-refractivity contribution in [3.05, 3.63) is 105 Å². The fourth-order valence-electron chi connectivity index (χ4n) is 3.52. The van der Waals surface area contributed by atoms with E-state index >= 15 is 0 Å². The van der Waals surface area contributed by atoms with Gasteiger partial charge in [-0.1, -0.05) is 54.6 Å². The molecular formula is C26H22N2O6S. The van der Waals surface area contributed by atoms with Crippen molar-refractivity contribution >= 4 is 34.7 Å². The molecule has 0 atom stereocenters. The standard InChI is InChI=1S/C26H22N2O6S/c1-2-33-23-14-19(12-13-22(23)34-17-18-8-4-3-5-9-18)15-24-25(29)27(26(30)35-24)16-20-10-6-7-11-21(20)28(31)32/h3-15H,2,16-17H2,1H3/b24-15-. The summed E-state index contributed by atoms with van der Waals surface area (Å²) < 4.78 is 11.6. The molecule has 1 saturated heterocycles. The van der Waals surface area contributed by atoms with Crippen LogP contribution in [-0.2, 0) is 17.9 Å². The Kier molecular flexibility index (Phi) is 7.47. The van der Waals surface area contributed by atoms with E-state index in [-0.39, 0.29) is 17.1 Å². The number of benzene rings is 3. The SMILES string of the molecule is CCOc1cc(/C=C2\SC(=O)N(Cc3ccccc3[N+](=O)[O-])C2=O)ccc1OCc1ccccc1. The molecule has 0 saturated carbocycles. The molecular weight excluding hydrogens is 468 g/mol. The summed E-state index contributed by atoms with van der Waals surface area (Å²) in [5.74, 6) is 0.592. The molecule has 0 unspecified atom stereocenters. The molecule has 0 aliphatic carbocycles. The number of nitro groups is 1. The second-order valence-corrected chi connectivity index (χ2v) is 8.56. The lowest BCUT2D eigenvalue weighted by Crippen LogP contribution is -2.27. The lowest BCUT2D eigenvalue weighted by atomic mass is 10.1. The number of ether oxygens (including phenoxy) is 2. The molecule has 4 rings (SSSR count). The van der Waals surface area contributed by atoms with Crippen LogP contribution in [0, 0.1) is 10.1 Å². The summed E-state index contributed by atoms with van der Waals surface area (Å²) in [7, 11) is 0. The van der Waals surface area contributed by atoms with Crippen LogP contribution in [0.3, 0.4) is 0 Å². The van der Waals surface area contributed by atoms with Crippen molar-refractivity contribution in [2.45, 2.75) is 20.1 Å². The third-order valence-corrected chi connectivity index (χ3v) is 6.10. The quantitative estimate of drug-likeness (QED) is 0.212. The van der Waals surface area contributed by atoms with Crippen molar-refractivity contribution in [3.63, 3.8) is 0 Å². The number of carbonyl (C=O) groups is 2. The second-order valence-electron chi connectivity index (χ2n) is 7.57. The smallest absolute Gasteiger partial charge is 0.293 e. The fraction of sp³-hybridized carbons (Fsp3) is 0.154. The summed E-state index contributed by atoms with van der Waals surface area (Å²) in [5.41, 5.74) is 1.84. The molecule has 0 spiro atoms. The van der Waals surface area contributed by atoms with Crippen LogP contribution in [-0.4, -0.2) is 27.6 Å². The molecule has 3 aromatic carbocycles. The Bertz CT molecular complexity index is 1290. The minimum absolute atomic E-state index is 0.136. The summed E-state index contributed by atoms with van der Waals surface area (Å²) in [6.45, 7) is 2.50. The summed E-state index contributed by atoms with van der Waals surface area (Å²) in [4.78, 5) is 37.5. The van der Waals surface area contributed by atoms with Gasteiger partial charge >= 0.3 is 0 Å². The van der Waals surface area contributed by atoms with Crippen molar-refractivity contribution in [3.8, 4) is 11.5 Å². The molecule has 178 valence electrons. The van der Waals surface area contributed by atoms with E-state index in [1.54, 1.807) is 36.4 Å². The van der Waals surface area contributed by atoms with E-state index in [2.05, 4.69) is 0 Å². The summed E-state index contributed by atoms with van der Waals surface area (Å²) in [6.07, 6.45) is 1.60. The maximum atomic E-state index is 12.9. The van der Waals surface area contributed by atoms with E-state index in [1.165, 1.54) is 12.1 Å². The molecule has 8 nitrogen and oxygen atoms in total. The zero-order chi connectivity index (χ0) is 24.8. The molecule has 1 aliphatic rings. The monoisotopic (exact) mass is 490 g/mol. The number of imide groups is 1. The number of para-hydroxylation sites is 1. The molecule has 35 heavy (non-hydrogen) atoms. The molecule has 3 aromatic rings. The van der Waals surface area contributed by atoms with Crippen LogP contribution < -0.4 is 9.47 Å². The van der Waals surface area contributed by atoms with Gasteiger partial charge in [0.25, 0.3) is 16.8 Å². The first-order valence-electron chi connectivity index (χ1n) is 10.9. The van der Waals surface area contributed by atoms with Gasteiger partial charge in [-0.2, -0.15) is 0 Å². The third-order valence-electron chi connectivity index (χ3n) is 5.19. The second kappa shape index (κ2) is 10.9. The van der Waals surface area contributed by atoms with Gasteiger partial charge in [-0.25, -0.2) is 0 Å². The molecule has 1 aliphatic heterocycles. The van der Waals surface area contributed by atoms with Crippen LogP contribution in [0.5, 0.6) is 11.5 Å². The Morgan fingerprint density at radius 1 is 0.971 bits per heavy atom. The van der Waals surface area contributed by atoms with E-state index in [4.69, 9.17) is 9.47 Å². The van der Waals surface area contributed by atoms with Gasteiger partial charge in [0.15, 0.2) is 11.5 Å². The fourth-order valence-corrected chi connectivity index (χ4v) is 4.36. The van der Waals surface area contributed by atoms with Crippen molar-refractivity contribution < 1.29 is 24.0 Å². The third kappa shape index (κ3) is 5.70. The first-order chi connectivity index (χ1) is 17.0. The van der Waals surface area contributed by atoms with Gasteiger partial charge in [0, 0.05) is 11.6 Å². The van der Waals surface area contributed by atoms with Crippen LogP contribution in [0.4, 0.5) is 10.5 Å². The van der Waals surface area contributed by atoms with Crippen LogP contribution >= 0.6 is 11.8 Å². The highest BCUT2D eigenvalue weighted by molar-refractivity contribution is 8.18. The molecule has 0 N–H and O–H groups in total. The van der Waals surface area contributed by atoms with Gasteiger partial charge in [0.1, 0.15) is 6.61 Å². The zero-order valence-electron chi connectivity index (χ0n) is 18.9. The lowest BCUT2D eigenvalue weighted by molar-refractivity contribution is -0.385. The van der Waals surface area contributed by atoms with Gasteiger partial charge in [0.2, 0.25) is 0 Å². The van der Waals surface area contributed by atoms with Crippen LogP contribution in [0.2, 0.25) is 0 Å². The predicted octanol–water partition coefficient (Wildman–Crippen LogP) is 5.81. The highest BCUT2D eigenvalue weighted by Gasteiger charge is 2.36. The first kappa shape index (κ1) is 24.0. The average Bonchev–Trinajstić information content (AvgIpc) is 3.12. The maximum absolute atomic E-state index is 12.9. The molecule has 9 heteroatoms. The van der Waals surface area contributed by atoms with Gasteiger partial charge < -0.3 is 9.47 Å². The van der Waals surface area contributed by atoms with Gasteiger partial charge in [0.05, 0.1) is 23.0 Å². The molecule has 0 radical (unpaired) electrons. The van der Waals surface area contributed by atoms with Gasteiger partial charge in [-0.3, -0.25) is 24.6 Å². The number of nitrogens with zero attached hydrogens (tertiary/aromatic N) is 2. The first-order valence-corrected chi connectivity index (χ1v) is 11.7. The predicted molar refractivity (Wildman–Crippen MR) is 133 cm³/mol. The van der Waals surface area contributed by atoms with Crippen molar-refractivity contribution in [1.82, 2.24) is 4.90 Å². The van der Waals surface area contributed by atoms with E-state index in [1.807, 2.05) is 37.3 Å². The number of hydrogen-bond acceptors (Lipinski definition) is 7. The number of rotatable bonds is 9. The van der Waals surface area contributed by atoms with Crippen LogP contribution in [0.1, 0.15) is 23.6 Å². The normalized spacial score (nSPS) is 14.4. The highest BCUT2D eigenvalue weighted by atomic mass is 32.2. The number of nitro benzene ring substituents is 1. The summed E-state index contributed by atoms with van der Waals surface area (Å²) in [6, 6.07) is 21.1. The van der Waals surface area contributed by atoms with E-state index < -0.39 is 16.1 Å². The van der Waals surface area contributed by atoms with Crippen molar-refractivity contribution in [2.75, 3.05) is 6.61 Å². The Hall–Kier alpha value is -4.11. The zero-order valence-corrected chi connectivity index (χ0v) is 19.7. The number of amides is 2. The Balaban J connectivity index is 1.53. The number of thioether (sulfide) groups is 1. The minimum Gasteiger partial charge on any atom is -0.490 e. The Labute approximate surface area is 206 Å². The number of hydrogen-bond donors (Lipinski definition) is 0. The molecule has 1 fully saturated rings. The van der Waals surface area contributed by atoms with Crippen LogP contribution in [0.25, 0.3) is 6.08 Å². The van der Waals surface area contributed by atoms with E-state index in [9.17, 15) is 19.7 Å².